The van der Waals surface area contributed by atoms with Crippen LogP contribution in [0, 0.1) is 11.2 Å². The molecule has 3 aromatic rings. The van der Waals surface area contributed by atoms with Crippen LogP contribution in [-0.2, 0) is 12.8 Å². The van der Waals surface area contributed by atoms with Gasteiger partial charge >= 0.3 is 0 Å². The van der Waals surface area contributed by atoms with Gasteiger partial charge in [0.1, 0.15) is 11.6 Å². The Bertz CT molecular complexity index is 1030. The second kappa shape index (κ2) is 7.84. The lowest BCUT2D eigenvalue weighted by molar-refractivity contribution is 0.0624. The molecule has 1 aromatic heterocycles. The van der Waals surface area contributed by atoms with E-state index in [9.17, 15) is 9.50 Å². The molecule has 2 aromatic carbocycles. The first-order valence-corrected chi connectivity index (χ1v) is 9.81. The number of aliphatic hydroxyl groups is 1. The molecule has 0 saturated carbocycles. The van der Waals surface area contributed by atoms with E-state index in [0.29, 0.717) is 12.8 Å². The Labute approximate surface area is 170 Å². The van der Waals surface area contributed by atoms with Gasteiger partial charge < -0.3 is 9.84 Å². The van der Waals surface area contributed by atoms with E-state index in [1.54, 1.807) is 19.2 Å². The van der Waals surface area contributed by atoms with Crippen molar-refractivity contribution < 1.29 is 14.2 Å². The maximum atomic E-state index is 13.2. The molecule has 1 unspecified atom stereocenters. The van der Waals surface area contributed by atoms with Crippen molar-refractivity contribution in [1.29, 1.82) is 0 Å². The van der Waals surface area contributed by atoms with Gasteiger partial charge in [0.25, 0.3) is 0 Å². The van der Waals surface area contributed by atoms with Crippen molar-refractivity contribution in [3.8, 4) is 11.4 Å². The van der Waals surface area contributed by atoms with E-state index in [1.807, 2.05) is 35.2 Å². The van der Waals surface area contributed by atoms with E-state index in [4.69, 9.17) is 4.74 Å². The van der Waals surface area contributed by atoms with Crippen LogP contribution in [0.3, 0.4) is 0 Å². The summed E-state index contributed by atoms with van der Waals surface area (Å²) < 4.78 is 20.3. The fourth-order valence-corrected chi connectivity index (χ4v) is 3.92. The highest BCUT2D eigenvalue weighted by molar-refractivity contribution is 5.57. The molecule has 150 valence electrons. The van der Waals surface area contributed by atoms with Crippen LogP contribution in [0.5, 0.6) is 5.75 Å². The third kappa shape index (κ3) is 3.96. The van der Waals surface area contributed by atoms with Gasteiger partial charge in [-0.05, 0) is 72.9 Å². The number of nitrogens with zero attached hydrogens (tertiary/aromatic N) is 2. The first-order chi connectivity index (χ1) is 14.0. The van der Waals surface area contributed by atoms with Crippen LogP contribution in [0.15, 0.2) is 60.8 Å². The lowest BCUT2D eigenvalue weighted by atomic mass is 9.74. The first kappa shape index (κ1) is 19.4. The summed E-state index contributed by atoms with van der Waals surface area (Å²) >= 11 is 0. The molecule has 0 radical (unpaired) electrons. The zero-order chi connectivity index (χ0) is 20.4. The molecule has 0 saturated heterocycles. The number of ether oxygens (including phenoxy) is 1. The zero-order valence-electron chi connectivity index (χ0n) is 16.7. The number of fused-ring (bicyclic) bond motifs is 1. The Kier molecular flexibility index (Phi) is 5.24. The number of halogens is 1. The minimum Gasteiger partial charge on any atom is -0.497 e. The van der Waals surface area contributed by atoms with Crippen LogP contribution >= 0.6 is 0 Å². The Balaban J connectivity index is 1.48. The second-order valence-electron chi connectivity index (χ2n) is 7.87. The van der Waals surface area contributed by atoms with Crippen molar-refractivity contribution in [3.63, 3.8) is 0 Å². The van der Waals surface area contributed by atoms with E-state index in [1.165, 1.54) is 12.1 Å². The number of benzene rings is 2. The van der Waals surface area contributed by atoms with Crippen molar-refractivity contribution in [2.75, 3.05) is 7.11 Å². The van der Waals surface area contributed by atoms with E-state index in [0.717, 1.165) is 34.7 Å². The summed E-state index contributed by atoms with van der Waals surface area (Å²) in [5, 5.41) is 15.4. The van der Waals surface area contributed by atoms with Gasteiger partial charge in [-0.15, -0.1) is 0 Å². The fraction of sp³-hybridized carbons (Fsp3) is 0.292. The fourth-order valence-electron chi connectivity index (χ4n) is 3.92. The molecule has 1 N–H and O–H groups in total. The van der Waals surface area contributed by atoms with E-state index in [-0.39, 0.29) is 11.2 Å². The van der Waals surface area contributed by atoms with Crippen molar-refractivity contribution in [1.82, 2.24) is 9.78 Å². The highest BCUT2D eigenvalue weighted by atomic mass is 19.1. The molecule has 29 heavy (non-hydrogen) atoms. The molecular formula is C24H25FN2O2. The number of hydrogen-bond acceptors (Lipinski definition) is 3. The molecular weight excluding hydrogens is 367 g/mol. The van der Waals surface area contributed by atoms with Gasteiger partial charge in [-0.2, -0.15) is 5.10 Å². The molecule has 2 atom stereocenters. The third-order valence-electron chi connectivity index (χ3n) is 5.75. The van der Waals surface area contributed by atoms with Crippen LogP contribution in [0.1, 0.15) is 30.2 Å². The summed E-state index contributed by atoms with van der Waals surface area (Å²) in [5.74, 6) is 0.565. The SMILES string of the molecule is COc1cccc(CC[C@H](O)C2(C)C=Cc3c(cnn3-c3ccc(F)cc3)C2)c1. The highest BCUT2D eigenvalue weighted by Gasteiger charge is 2.34. The lowest BCUT2D eigenvalue weighted by Gasteiger charge is -2.34. The summed E-state index contributed by atoms with van der Waals surface area (Å²) in [6.45, 7) is 2.08. The predicted octanol–water partition coefficient (Wildman–Crippen LogP) is 4.59. The van der Waals surface area contributed by atoms with Crippen LogP contribution in [-0.4, -0.2) is 28.1 Å². The minimum atomic E-state index is -0.479. The summed E-state index contributed by atoms with van der Waals surface area (Å²) in [6, 6.07) is 14.3. The van der Waals surface area contributed by atoms with Crippen LogP contribution in [0.25, 0.3) is 11.8 Å². The quantitative estimate of drug-likeness (QED) is 0.667. The van der Waals surface area contributed by atoms with Gasteiger partial charge in [-0.1, -0.05) is 25.1 Å². The summed E-state index contributed by atoms with van der Waals surface area (Å²) in [5.41, 5.74) is 3.67. The number of aromatic nitrogens is 2. The normalized spacial score (nSPS) is 19.0. The Hall–Kier alpha value is -2.92. The van der Waals surface area contributed by atoms with Crippen molar-refractivity contribution in [3.05, 3.63) is 83.4 Å². The van der Waals surface area contributed by atoms with E-state index >= 15 is 0 Å². The average Bonchev–Trinajstić information content (AvgIpc) is 3.15. The van der Waals surface area contributed by atoms with Gasteiger partial charge in [0.2, 0.25) is 0 Å². The molecule has 0 amide bonds. The lowest BCUT2D eigenvalue weighted by Crippen LogP contribution is -2.34. The minimum absolute atomic E-state index is 0.267. The van der Waals surface area contributed by atoms with Crippen LogP contribution in [0.2, 0.25) is 0 Å². The maximum Gasteiger partial charge on any atom is 0.123 e. The van der Waals surface area contributed by atoms with Crippen molar-refractivity contribution in [2.45, 2.75) is 32.3 Å². The van der Waals surface area contributed by atoms with Crippen molar-refractivity contribution in [2.24, 2.45) is 5.41 Å². The highest BCUT2D eigenvalue weighted by Crippen LogP contribution is 2.37. The van der Waals surface area contributed by atoms with Crippen LogP contribution < -0.4 is 4.74 Å². The summed E-state index contributed by atoms with van der Waals surface area (Å²) in [4.78, 5) is 0. The second-order valence-corrected chi connectivity index (χ2v) is 7.87. The van der Waals surface area contributed by atoms with Gasteiger partial charge in [-0.3, -0.25) is 0 Å². The van der Waals surface area contributed by atoms with Crippen LogP contribution in [0.4, 0.5) is 4.39 Å². The standard InChI is InChI=1S/C24H25FN2O2/c1-24(23(28)11-6-17-4-3-5-21(14-17)29-2)13-12-22-18(15-24)16-26-27(22)20-9-7-19(25)8-10-20/h3-5,7-10,12-14,16,23,28H,6,11,15H2,1-2H3/t23-,24?/m0/s1. The molecule has 1 heterocycles. The number of hydrogen-bond donors (Lipinski definition) is 1. The van der Waals surface area contributed by atoms with Gasteiger partial charge in [0, 0.05) is 5.41 Å². The van der Waals surface area contributed by atoms with Crippen molar-refractivity contribution >= 4 is 6.08 Å². The largest absolute Gasteiger partial charge is 0.497 e. The monoisotopic (exact) mass is 392 g/mol. The molecule has 0 bridgehead atoms. The maximum absolute atomic E-state index is 13.2. The molecule has 1 aliphatic carbocycles. The van der Waals surface area contributed by atoms with Gasteiger partial charge in [-0.25, -0.2) is 9.07 Å². The summed E-state index contributed by atoms with van der Waals surface area (Å²) in [6.07, 6.45) is 7.61. The molecule has 0 fully saturated rings. The molecule has 4 rings (SSSR count). The smallest absolute Gasteiger partial charge is 0.123 e. The number of aliphatic hydroxyl groups excluding tert-OH is 1. The Morgan fingerprint density at radius 2 is 2.03 bits per heavy atom. The first-order valence-electron chi connectivity index (χ1n) is 9.81. The average molecular weight is 392 g/mol. The number of methoxy groups -OCH3 is 1. The van der Waals surface area contributed by atoms with Gasteiger partial charge in [0.15, 0.2) is 0 Å². The third-order valence-corrected chi connectivity index (χ3v) is 5.75. The molecule has 0 aliphatic heterocycles. The molecule has 0 spiro atoms. The number of aryl methyl sites for hydroxylation is 1. The Morgan fingerprint density at radius 3 is 2.79 bits per heavy atom. The van der Waals surface area contributed by atoms with E-state index in [2.05, 4.69) is 24.2 Å². The van der Waals surface area contributed by atoms with E-state index < -0.39 is 6.10 Å². The Morgan fingerprint density at radius 1 is 1.24 bits per heavy atom. The number of rotatable bonds is 6. The van der Waals surface area contributed by atoms with Gasteiger partial charge in [0.05, 0.1) is 30.8 Å². The molecule has 4 nitrogen and oxygen atoms in total. The zero-order valence-corrected chi connectivity index (χ0v) is 16.7. The predicted molar refractivity (Wildman–Crippen MR) is 112 cm³/mol. The topological polar surface area (TPSA) is 47.3 Å². The molecule has 5 heteroatoms. The summed E-state index contributed by atoms with van der Waals surface area (Å²) in [7, 11) is 1.66. The molecule has 1 aliphatic rings.